The van der Waals surface area contributed by atoms with Crippen LogP contribution < -0.4 is 10.3 Å². The number of methoxy groups -OCH3 is 1. The number of nitrogens with zero attached hydrogens (tertiary/aromatic N) is 2. The largest absolute Gasteiger partial charge is 0.497 e. The Morgan fingerprint density at radius 2 is 1.81 bits per heavy atom. The van der Waals surface area contributed by atoms with E-state index in [0.717, 1.165) is 22.0 Å². The fourth-order valence-corrected chi connectivity index (χ4v) is 4.96. The van der Waals surface area contributed by atoms with Crippen LogP contribution in [0.3, 0.4) is 0 Å². The molecule has 2 aromatic carbocycles. The molecule has 0 bridgehead atoms. The molecule has 2 heterocycles. The predicted molar refractivity (Wildman–Crippen MR) is 123 cm³/mol. The molecule has 8 heteroatoms. The van der Waals surface area contributed by atoms with Crippen LogP contribution in [-0.4, -0.2) is 29.8 Å². The van der Waals surface area contributed by atoms with Gasteiger partial charge in [-0.25, -0.2) is 8.42 Å². The van der Waals surface area contributed by atoms with Gasteiger partial charge in [0.05, 0.1) is 17.5 Å². The van der Waals surface area contributed by atoms with Gasteiger partial charge in [-0.2, -0.15) is 4.31 Å². The fourth-order valence-electron chi connectivity index (χ4n) is 3.55. The molecule has 0 unspecified atom stereocenters. The number of rotatable bonds is 7. The summed E-state index contributed by atoms with van der Waals surface area (Å²) in [6.45, 7) is 1.91. The minimum atomic E-state index is -3.90. The molecular formula is C24H23N3O4S. The summed E-state index contributed by atoms with van der Waals surface area (Å²) in [6.07, 6.45) is 3.24. The van der Waals surface area contributed by atoms with Crippen molar-refractivity contribution in [2.24, 2.45) is 0 Å². The summed E-state index contributed by atoms with van der Waals surface area (Å²) in [6, 6.07) is 17.2. The van der Waals surface area contributed by atoms with Gasteiger partial charge >= 0.3 is 0 Å². The summed E-state index contributed by atoms with van der Waals surface area (Å²) >= 11 is 0. The van der Waals surface area contributed by atoms with E-state index in [1.807, 2.05) is 25.1 Å². The highest BCUT2D eigenvalue weighted by Crippen LogP contribution is 2.23. The molecule has 0 aliphatic heterocycles. The van der Waals surface area contributed by atoms with Crippen LogP contribution >= 0.6 is 0 Å². The monoisotopic (exact) mass is 449 g/mol. The maximum atomic E-state index is 13.5. The molecule has 1 N–H and O–H groups in total. The second-order valence-electron chi connectivity index (χ2n) is 7.47. The summed E-state index contributed by atoms with van der Waals surface area (Å²) in [4.78, 5) is 19.9. The molecule has 0 spiro atoms. The van der Waals surface area contributed by atoms with Crippen LogP contribution in [-0.2, 0) is 23.1 Å². The van der Waals surface area contributed by atoms with Crippen molar-refractivity contribution in [2.75, 3.05) is 7.11 Å². The Kier molecular flexibility index (Phi) is 6.07. The lowest BCUT2D eigenvalue weighted by molar-refractivity contribution is 0.398. The summed E-state index contributed by atoms with van der Waals surface area (Å²) in [5.74, 6) is 0.559. The van der Waals surface area contributed by atoms with E-state index in [0.29, 0.717) is 11.3 Å². The highest BCUT2D eigenvalue weighted by Gasteiger charge is 2.26. The van der Waals surface area contributed by atoms with Gasteiger partial charge in [0.15, 0.2) is 0 Å². The van der Waals surface area contributed by atoms with Crippen molar-refractivity contribution in [1.82, 2.24) is 14.3 Å². The van der Waals surface area contributed by atoms with E-state index in [4.69, 9.17) is 4.74 Å². The third-order valence-electron chi connectivity index (χ3n) is 5.29. The zero-order valence-corrected chi connectivity index (χ0v) is 18.6. The lowest BCUT2D eigenvalue weighted by atomic mass is 10.1. The number of hydrogen-bond acceptors (Lipinski definition) is 5. The van der Waals surface area contributed by atoms with Crippen LogP contribution in [0.2, 0.25) is 0 Å². The van der Waals surface area contributed by atoms with Gasteiger partial charge in [-0.1, -0.05) is 24.3 Å². The molecule has 2 aromatic heterocycles. The second-order valence-corrected chi connectivity index (χ2v) is 9.41. The number of fused-ring (bicyclic) bond motifs is 1. The van der Waals surface area contributed by atoms with Gasteiger partial charge in [0, 0.05) is 31.0 Å². The molecule has 7 nitrogen and oxygen atoms in total. The molecule has 0 aliphatic rings. The first-order valence-electron chi connectivity index (χ1n) is 10.0. The van der Waals surface area contributed by atoms with Crippen molar-refractivity contribution < 1.29 is 13.2 Å². The Morgan fingerprint density at radius 1 is 1.03 bits per heavy atom. The minimum absolute atomic E-state index is 0.0769. The van der Waals surface area contributed by atoms with Crippen molar-refractivity contribution in [3.63, 3.8) is 0 Å². The standard InChI is InChI=1S/C24H23N3O4S/c1-17-5-3-7-19-13-20(24(28)26-23(17)19)16-27(15-18-6-4-12-25-14-18)32(29,30)22-10-8-21(31-2)9-11-22/h3-14H,15-16H2,1-2H3,(H,26,28). The first-order chi connectivity index (χ1) is 15.4. The van der Waals surface area contributed by atoms with E-state index in [1.54, 1.807) is 42.7 Å². The van der Waals surface area contributed by atoms with Crippen LogP contribution in [0.15, 0.2) is 82.7 Å². The van der Waals surface area contributed by atoms with E-state index in [9.17, 15) is 13.2 Å². The lowest BCUT2D eigenvalue weighted by Crippen LogP contribution is -2.32. The molecule has 164 valence electrons. The summed E-state index contributed by atoms with van der Waals surface area (Å²) in [7, 11) is -2.38. The normalized spacial score (nSPS) is 11.7. The number of ether oxygens (including phenoxy) is 1. The minimum Gasteiger partial charge on any atom is -0.497 e. The second kappa shape index (κ2) is 8.94. The molecule has 0 fully saturated rings. The van der Waals surface area contributed by atoms with Gasteiger partial charge < -0.3 is 9.72 Å². The number of aromatic nitrogens is 2. The van der Waals surface area contributed by atoms with Crippen LogP contribution in [0.5, 0.6) is 5.75 Å². The molecule has 32 heavy (non-hydrogen) atoms. The fraction of sp³-hybridized carbons (Fsp3) is 0.167. The van der Waals surface area contributed by atoms with Gasteiger partial charge in [0.1, 0.15) is 5.75 Å². The molecule has 0 amide bonds. The zero-order valence-electron chi connectivity index (χ0n) is 17.8. The molecule has 0 atom stereocenters. The Hall–Kier alpha value is -3.49. The average molecular weight is 450 g/mol. The van der Waals surface area contributed by atoms with Gasteiger partial charge in [-0.05, 0) is 59.8 Å². The quantitative estimate of drug-likeness (QED) is 0.465. The summed E-state index contributed by atoms with van der Waals surface area (Å²) in [5.41, 5.74) is 2.47. The molecule has 4 aromatic rings. The summed E-state index contributed by atoms with van der Waals surface area (Å²) in [5, 5.41) is 0.850. The Labute approximate surface area is 186 Å². The zero-order chi connectivity index (χ0) is 22.7. The van der Waals surface area contributed by atoms with Crippen molar-refractivity contribution in [1.29, 1.82) is 0 Å². The van der Waals surface area contributed by atoms with E-state index in [-0.39, 0.29) is 23.5 Å². The van der Waals surface area contributed by atoms with Gasteiger partial charge in [-0.15, -0.1) is 0 Å². The average Bonchev–Trinajstić information content (AvgIpc) is 2.80. The number of nitrogens with one attached hydrogen (secondary N) is 1. The maximum Gasteiger partial charge on any atom is 0.252 e. The van der Waals surface area contributed by atoms with Gasteiger partial charge in [0.2, 0.25) is 10.0 Å². The van der Waals surface area contributed by atoms with Crippen molar-refractivity contribution >= 4 is 20.9 Å². The number of sulfonamides is 1. The number of aryl methyl sites for hydroxylation is 1. The highest BCUT2D eigenvalue weighted by atomic mass is 32.2. The first kappa shape index (κ1) is 21.7. The maximum absolute atomic E-state index is 13.5. The number of para-hydroxylation sites is 1. The number of H-pyrrole nitrogens is 1. The molecular weight excluding hydrogens is 426 g/mol. The third kappa shape index (κ3) is 4.42. The number of benzene rings is 2. The van der Waals surface area contributed by atoms with E-state index >= 15 is 0 Å². The third-order valence-corrected chi connectivity index (χ3v) is 7.10. The Morgan fingerprint density at radius 3 is 2.50 bits per heavy atom. The highest BCUT2D eigenvalue weighted by molar-refractivity contribution is 7.89. The van der Waals surface area contributed by atoms with Crippen molar-refractivity contribution in [2.45, 2.75) is 24.9 Å². The van der Waals surface area contributed by atoms with Crippen LogP contribution in [0, 0.1) is 6.92 Å². The van der Waals surface area contributed by atoms with E-state index in [2.05, 4.69) is 9.97 Å². The van der Waals surface area contributed by atoms with Gasteiger partial charge in [-0.3, -0.25) is 9.78 Å². The predicted octanol–water partition coefficient (Wildman–Crippen LogP) is 3.63. The number of hydrogen-bond donors (Lipinski definition) is 1. The molecule has 0 saturated heterocycles. The summed E-state index contributed by atoms with van der Waals surface area (Å²) < 4.78 is 33.5. The lowest BCUT2D eigenvalue weighted by Gasteiger charge is -2.22. The van der Waals surface area contributed by atoms with E-state index in [1.165, 1.54) is 23.5 Å². The Balaban J connectivity index is 1.77. The van der Waals surface area contributed by atoms with Crippen LogP contribution in [0.4, 0.5) is 0 Å². The first-order valence-corrected chi connectivity index (χ1v) is 11.5. The van der Waals surface area contributed by atoms with Crippen molar-refractivity contribution in [3.8, 4) is 5.75 Å². The Bertz CT molecular complexity index is 1400. The SMILES string of the molecule is COc1ccc(S(=O)(=O)N(Cc2cccnc2)Cc2cc3cccc(C)c3[nH]c2=O)cc1. The van der Waals surface area contributed by atoms with Crippen LogP contribution in [0.1, 0.15) is 16.7 Å². The number of aromatic amines is 1. The number of pyridine rings is 2. The molecule has 0 radical (unpaired) electrons. The molecule has 4 rings (SSSR count). The smallest absolute Gasteiger partial charge is 0.252 e. The van der Waals surface area contributed by atoms with E-state index < -0.39 is 10.0 Å². The van der Waals surface area contributed by atoms with Crippen LogP contribution in [0.25, 0.3) is 10.9 Å². The molecule has 0 saturated carbocycles. The van der Waals surface area contributed by atoms with Gasteiger partial charge in [0.25, 0.3) is 5.56 Å². The topological polar surface area (TPSA) is 92.4 Å². The van der Waals surface area contributed by atoms with Crippen molar-refractivity contribution in [3.05, 3.63) is 100 Å². The molecule has 0 aliphatic carbocycles.